The van der Waals surface area contributed by atoms with Crippen molar-refractivity contribution in [3.8, 4) is 11.5 Å². The molecule has 2 rings (SSSR count). The SMILES string of the molecule is CC(C)OCCCNC(=O)N[C@]1(C(F)(F)F)Oc2ccc(Cl)cc2O1. The smallest absolute Gasteiger partial charge is 0.424 e. The fourth-order valence-corrected chi connectivity index (χ4v) is 2.16. The highest BCUT2D eigenvalue weighted by Gasteiger charge is 2.65. The number of fused-ring (bicyclic) bond motifs is 1. The monoisotopic (exact) mass is 382 g/mol. The normalized spacial score (nSPS) is 19.2. The van der Waals surface area contributed by atoms with Crippen molar-refractivity contribution in [1.29, 1.82) is 0 Å². The Morgan fingerprint density at radius 2 is 2.00 bits per heavy atom. The van der Waals surface area contributed by atoms with E-state index in [0.29, 0.717) is 13.0 Å². The van der Waals surface area contributed by atoms with Gasteiger partial charge in [0.15, 0.2) is 11.5 Å². The van der Waals surface area contributed by atoms with Crippen molar-refractivity contribution >= 4 is 17.6 Å². The molecule has 25 heavy (non-hydrogen) atoms. The maximum absolute atomic E-state index is 13.4. The summed E-state index contributed by atoms with van der Waals surface area (Å²) in [7, 11) is 0. The second-order valence-corrected chi connectivity index (χ2v) is 6.00. The first-order valence-electron chi connectivity index (χ1n) is 7.55. The van der Waals surface area contributed by atoms with Gasteiger partial charge in [0.2, 0.25) is 0 Å². The van der Waals surface area contributed by atoms with E-state index < -0.39 is 18.1 Å². The van der Waals surface area contributed by atoms with Crippen LogP contribution in [0.15, 0.2) is 18.2 Å². The van der Waals surface area contributed by atoms with E-state index in [-0.39, 0.29) is 29.2 Å². The fourth-order valence-electron chi connectivity index (χ4n) is 2.00. The second kappa shape index (κ2) is 7.57. The molecule has 1 aliphatic rings. The minimum atomic E-state index is -5.02. The summed E-state index contributed by atoms with van der Waals surface area (Å²) in [5.74, 6) is -3.69. The molecule has 1 atom stereocenters. The third kappa shape index (κ3) is 4.82. The predicted molar refractivity (Wildman–Crippen MR) is 83.7 cm³/mol. The largest absolute Gasteiger partial charge is 0.492 e. The van der Waals surface area contributed by atoms with E-state index in [1.54, 1.807) is 5.32 Å². The number of ether oxygens (including phenoxy) is 3. The lowest BCUT2D eigenvalue weighted by molar-refractivity contribution is -0.317. The second-order valence-electron chi connectivity index (χ2n) is 5.56. The highest BCUT2D eigenvalue weighted by Crippen LogP contribution is 2.45. The van der Waals surface area contributed by atoms with E-state index in [9.17, 15) is 18.0 Å². The number of rotatable bonds is 6. The average Bonchev–Trinajstić information content (AvgIpc) is 2.84. The van der Waals surface area contributed by atoms with Gasteiger partial charge < -0.3 is 19.5 Å². The highest BCUT2D eigenvalue weighted by molar-refractivity contribution is 6.30. The van der Waals surface area contributed by atoms with Gasteiger partial charge in [-0.2, -0.15) is 13.2 Å². The van der Waals surface area contributed by atoms with Crippen LogP contribution in [0.2, 0.25) is 5.02 Å². The van der Waals surface area contributed by atoms with Gasteiger partial charge in [0.1, 0.15) is 0 Å². The van der Waals surface area contributed by atoms with Crippen molar-refractivity contribution in [3.63, 3.8) is 0 Å². The van der Waals surface area contributed by atoms with Crippen LogP contribution < -0.4 is 20.1 Å². The molecule has 2 N–H and O–H groups in total. The summed E-state index contributed by atoms with van der Waals surface area (Å²) in [5, 5.41) is 4.17. The van der Waals surface area contributed by atoms with Crippen molar-refractivity contribution in [2.24, 2.45) is 0 Å². The Kier molecular flexibility index (Phi) is 5.89. The van der Waals surface area contributed by atoms with Crippen LogP contribution >= 0.6 is 11.6 Å². The van der Waals surface area contributed by atoms with Crippen molar-refractivity contribution in [1.82, 2.24) is 10.6 Å². The number of halogens is 4. The molecule has 0 saturated carbocycles. The molecule has 1 aliphatic heterocycles. The lowest BCUT2D eigenvalue weighted by Crippen LogP contribution is -2.66. The van der Waals surface area contributed by atoms with Gasteiger partial charge in [-0.05, 0) is 32.4 Å². The molecule has 1 aromatic rings. The van der Waals surface area contributed by atoms with E-state index in [0.717, 1.165) is 0 Å². The fraction of sp³-hybridized carbons (Fsp3) is 0.533. The van der Waals surface area contributed by atoms with Crippen molar-refractivity contribution in [2.45, 2.75) is 38.5 Å². The van der Waals surface area contributed by atoms with E-state index in [4.69, 9.17) is 25.8 Å². The maximum atomic E-state index is 13.4. The Labute approximate surface area is 147 Å². The van der Waals surface area contributed by atoms with Gasteiger partial charge in [-0.15, -0.1) is 0 Å². The van der Waals surface area contributed by atoms with Gasteiger partial charge in [0, 0.05) is 24.2 Å². The maximum Gasteiger partial charge on any atom is 0.492 e. The first-order chi connectivity index (χ1) is 11.6. The van der Waals surface area contributed by atoms with Gasteiger partial charge in [-0.3, -0.25) is 5.32 Å². The Hall–Kier alpha value is -1.87. The molecule has 1 heterocycles. The third-order valence-corrected chi connectivity index (χ3v) is 3.36. The summed E-state index contributed by atoms with van der Waals surface area (Å²) in [4.78, 5) is 11.8. The number of hydrogen-bond donors (Lipinski definition) is 2. The summed E-state index contributed by atoms with van der Waals surface area (Å²) in [5.41, 5.74) is 0. The molecule has 0 fully saturated rings. The van der Waals surface area contributed by atoms with Crippen molar-refractivity contribution in [3.05, 3.63) is 23.2 Å². The molecular weight excluding hydrogens is 365 g/mol. The summed E-state index contributed by atoms with van der Waals surface area (Å²) in [6.07, 6.45) is -4.54. The Morgan fingerprint density at radius 3 is 2.64 bits per heavy atom. The van der Waals surface area contributed by atoms with Crippen molar-refractivity contribution < 1.29 is 32.2 Å². The lowest BCUT2D eigenvalue weighted by atomic mass is 10.3. The van der Waals surface area contributed by atoms with Gasteiger partial charge >= 0.3 is 18.1 Å². The predicted octanol–water partition coefficient (Wildman–Crippen LogP) is 3.44. The lowest BCUT2D eigenvalue weighted by Gasteiger charge is -2.29. The zero-order chi connectivity index (χ0) is 18.7. The minimum absolute atomic E-state index is 0.0351. The number of nitrogens with one attached hydrogen (secondary N) is 2. The van der Waals surface area contributed by atoms with Gasteiger partial charge in [-0.25, -0.2) is 4.79 Å². The molecule has 0 radical (unpaired) electrons. The van der Waals surface area contributed by atoms with Crippen LogP contribution in [0.3, 0.4) is 0 Å². The first kappa shape index (κ1) is 19.5. The molecule has 140 valence electrons. The number of urea groups is 1. The summed E-state index contributed by atoms with van der Waals surface area (Å²) in [6.45, 7) is 4.21. The van der Waals surface area contributed by atoms with E-state index in [2.05, 4.69) is 5.32 Å². The molecule has 0 bridgehead atoms. The Bertz CT molecular complexity index is 627. The molecule has 0 aromatic heterocycles. The summed E-state index contributed by atoms with van der Waals surface area (Å²) < 4.78 is 55.2. The van der Waals surface area contributed by atoms with Crippen molar-refractivity contribution in [2.75, 3.05) is 13.2 Å². The van der Waals surface area contributed by atoms with E-state index in [1.807, 2.05) is 13.8 Å². The van der Waals surface area contributed by atoms with Gasteiger partial charge in [-0.1, -0.05) is 11.6 Å². The molecule has 1 aromatic carbocycles. The van der Waals surface area contributed by atoms with E-state index >= 15 is 0 Å². The summed E-state index contributed by atoms with van der Waals surface area (Å²) in [6, 6.07) is 2.67. The first-order valence-corrected chi connectivity index (χ1v) is 7.93. The molecule has 0 spiro atoms. The summed E-state index contributed by atoms with van der Waals surface area (Å²) >= 11 is 5.73. The quantitative estimate of drug-likeness (QED) is 0.739. The van der Waals surface area contributed by atoms with Gasteiger partial charge in [0.05, 0.1) is 6.10 Å². The topological polar surface area (TPSA) is 68.8 Å². The molecular formula is C15H18ClF3N2O4. The Morgan fingerprint density at radius 1 is 1.32 bits per heavy atom. The zero-order valence-corrected chi connectivity index (χ0v) is 14.3. The molecule has 6 nitrogen and oxygen atoms in total. The molecule has 0 saturated heterocycles. The highest BCUT2D eigenvalue weighted by atomic mass is 35.5. The zero-order valence-electron chi connectivity index (χ0n) is 13.6. The van der Waals surface area contributed by atoms with Crippen LogP contribution in [0, 0.1) is 0 Å². The number of amides is 2. The number of alkyl halides is 3. The standard InChI is InChI=1S/C15H18ClF3N2O4/c1-9(2)23-7-3-6-20-13(22)21-15(14(17,18)19)24-11-5-4-10(16)8-12(11)25-15/h4-5,8-9H,3,6-7H2,1-2H3,(H2,20,21,22)/t15-/m1/s1. The number of benzene rings is 1. The van der Waals surface area contributed by atoms with Crippen LogP contribution in [-0.2, 0) is 4.74 Å². The number of hydrogen-bond acceptors (Lipinski definition) is 4. The van der Waals surface area contributed by atoms with Crippen LogP contribution in [0.25, 0.3) is 0 Å². The number of carbonyl (C=O) groups is 1. The molecule has 0 unspecified atom stereocenters. The van der Waals surface area contributed by atoms with Crippen LogP contribution in [0.5, 0.6) is 11.5 Å². The molecule has 10 heteroatoms. The molecule has 0 aliphatic carbocycles. The van der Waals surface area contributed by atoms with E-state index in [1.165, 1.54) is 18.2 Å². The number of carbonyl (C=O) groups excluding carboxylic acids is 1. The van der Waals surface area contributed by atoms with Crippen LogP contribution in [0.1, 0.15) is 20.3 Å². The molecule has 2 amide bonds. The Balaban J connectivity index is 1.97. The minimum Gasteiger partial charge on any atom is -0.424 e. The van der Waals surface area contributed by atoms with Crippen LogP contribution in [0.4, 0.5) is 18.0 Å². The van der Waals surface area contributed by atoms with Gasteiger partial charge in [0.25, 0.3) is 0 Å². The average molecular weight is 383 g/mol. The third-order valence-electron chi connectivity index (χ3n) is 3.12. The van der Waals surface area contributed by atoms with Crippen LogP contribution in [-0.4, -0.2) is 37.4 Å².